The molecule has 0 aliphatic carbocycles. The Morgan fingerprint density at radius 2 is 2.04 bits per heavy atom. The molecule has 1 N–H and O–H groups in total. The number of rotatable bonds is 4. The van der Waals surface area contributed by atoms with Gasteiger partial charge in [-0.2, -0.15) is 0 Å². The van der Waals surface area contributed by atoms with E-state index < -0.39 is 0 Å². The standard InChI is InChI=1S/C20H24N4O/c1-14-17-7-8-18(25)24(12-10-15-5-3-2-4-6-15)20(17)23-19(22-14)16-9-11-21-13-16/h2-6,16,21H,7-13H2,1H3/t16-/m1/s1. The van der Waals surface area contributed by atoms with Gasteiger partial charge in [-0.05, 0) is 38.3 Å². The van der Waals surface area contributed by atoms with Crippen LogP contribution in [0, 0.1) is 6.92 Å². The van der Waals surface area contributed by atoms with Crippen molar-refractivity contribution in [3.8, 4) is 0 Å². The van der Waals surface area contributed by atoms with Crippen LogP contribution in [-0.4, -0.2) is 35.5 Å². The zero-order valence-electron chi connectivity index (χ0n) is 14.7. The van der Waals surface area contributed by atoms with Crippen LogP contribution < -0.4 is 10.2 Å². The van der Waals surface area contributed by atoms with E-state index in [9.17, 15) is 4.79 Å². The first-order chi connectivity index (χ1) is 12.2. The molecule has 1 aromatic heterocycles. The molecule has 1 atom stereocenters. The monoisotopic (exact) mass is 336 g/mol. The maximum Gasteiger partial charge on any atom is 0.228 e. The molecule has 0 radical (unpaired) electrons. The van der Waals surface area contributed by atoms with Crippen molar-refractivity contribution >= 4 is 11.7 Å². The summed E-state index contributed by atoms with van der Waals surface area (Å²) in [5.74, 6) is 2.27. The second kappa shape index (κ2) is 6.92. The number of aryl methyl sites for hydroxylation is 1. The molecule has 1 amide bonds. The first kappa shape index (κ1) is 16.2. The number of nitrogens with one attached hydrogen (secondary N) is 1. The Kier molecular flexibility index (Phi) is 4.49. The number of carbonyl (C=O) groups is 1. The van der Waals surface area contributed by atoms with Gasteiger partial charge in [0, 0.05) is 36.7 Å². The van der Waals surface area contributed by atoms with Crippen molar-refractivity contribution in [2.45, 2.75) is 38.5 Å². The molecule has 2 aliphatic heterocycles. The lowest BCUT2D eigenvalue weighted by Crippen LogP contribution is -2.38. The lowest BCUT2D eigenvalue weighted by Gasteiger charge is -2.30. The number of carbonyl (C=O) groups excluding carboxylic acids is 1. The fraction of sp³-hybridized carbons (Fsp3) is 0.450. The van der Waals surface area contributed by atoms with E-state index in [0.717, 1.165) is 55.3 Å². The SMILES string of the molecule is Cc1nc([C@@H]2CCNC2)nc2c1CCC(=O)N2CCc1ccccc1. The number of anilines is 1. The summed E-state index contributed by atoms with van der Waals surface area (Å²) in [5, 5.41) is 3.38. The van der Waals surface area contributed by atoms with Crippen molar-refractivity contribution in [1.29, 1.82) is 0 Å². The minimum atomic E-state index is 0.178. The van der Waals surface area contributed by atoms with Crippen LogP contribution in [-0.2, 0) is 17.6 Å². The van der Waals surface area contributed by atoms with Gasteiger partial charge in [0.1, 0.15) is 11.6 Å². The summed E-state index contributed by atoms with van der Waals surface area (Å²) in [5.41, 5.74) is 3.42. The van der Waals surface area contributed by atoms with E-state index in [1.807, 2.05) is 23.1 Å². The number of aromatic nitrogens is 2. The predicted molar refractivity (Wildman–Crippen MR) is 97.8 cm³/mol. The van der Waals surface area contributed by atoms with Crippen molar-refractivity contribution in [2.24, 2.45) is 0 Å². The average Bonchev–Trinajstić information content (AvgIpc) is 3.16. The first-order valence-corrected chi connectivity index (χ1v) is 9.15. The maximum atomic E-state index is 12.6. The largest absolute Gasteiger partial charge is 0.316 e. The lowest BCUT2D eigenvalue weighted by atomic mass is 10.0. The summed E-state index contributed by atoms with van der Waals surface area (Å²) < 4.78 is 0. The van der Waals surface area contributed by atoms with Crippen LogP contribution in [0.15, 0.2) is 30.3 Å². The Labute approximate surface area is 148 Å². The van der Waals surface area contributed by atoms with Gasteiger partial charge in [-0.1, -0.05) is 30.3 Å². The third-order valence-electron chi connectivity index (χ3n) is 5.25. The van der Waals surface area contributed by atoms with Crippen molar-refractivity contribution in [3.63, 3.8) is 0 Å². The third kappa shape index (κ3) is 3.29. The number of fused-ring (bicyclic) bond motifs is 1. The van der Waals surface area contributed by atoms with E-state index in [0.29, 0.717) is 18.9 Å². The minimum absolute atomic E-state index is 0.178. The summed E-state index contributed by atoms with van der Waals surface area (Å²) in [4.78, 5) is 24.1. The molecule has 25 heavy (non-hydrogen) atoms. The van der Waals surface area contributed by atoms with Crippen molar-refractivity contribution in [1.82, 2.24) is 15.3 Å². The van der Waals surface area contributed by atoms with Crippen LogP contribution in [0.1, 0.15) is 41.4 Å². The topological polar surface area (TPSA) is 58.1 Å². The zero-order valence-corrected chi connectivity index (χ0v) is 14.7. The van der Waals surface area contributed by atoms with Gasteiger partial charge in [0.15, 0.2) is 0 Å². The van der Waals surface area contributed by atoms with Gasteiger partial charge < -0.3 is 5.32 Å². The summed E-state index contributed by atoms with van der Waals surface area (Å²) in [7, 11) is 0. The van der Waals surface area contributed by atoms with Crippen LogP contribution >= 0.6 is 0 Å². The van der Waals surface area contributed by atoms with Crippen LogP contribution in [0.2, 0.25) is 0 Å². The smallest absolute Gasteiger partial charge is 0.228 e. The lowest BCUT2D eigenvalue weighted by molar-refractivity contribution is -0.118. The molecule has 0 unspecified atom stereocenters. The van der Waals surface area contributed by atoms with Gasteiger partial charge in [0.2, 0.25) is 5.91 Å². The van der Waals surface area contributed by atoms with E-state index in [1.54, 1.807) is 0 Å². The molecular formula is C20H24N4O. The highest BCUT2D eigenvalue weighted by Gasteiger charge is 2.29. The van der Waals surface area contributed by atoms with Gasteiger partial charge in [0.25, 0.3) is 0 Å². The Balaban J connectivity index is 1.63. The van der Waals surface area contributed by atoms with Gasteiger partial charge >= 0.3 is 0 Å². The highest BCUT2D eigenvalue weighted by atomic mass is 16.2. The molecule has 5 heteroatoms. The van der Waals surface area contributed by atoms with Gasteiger partial charge in [-0.25, -0.2) is 9.97 Å². The molecule has 2 aliphatic rings. The quantitative estimate of drug-likeness (QED) is 0.931. The normalized spacial score (nSPS) is 20.0. The van der Waals surface area contributed by atoms with Crippen molar-refractivity contribution in [3.05, 3.63) is 53.0 Å². The van der Waals surface area contributed by atoms with Crippen molar-refractivity contribution < 1.29 is 4.79 Å². The number of amides is 1. The molecule has 130 valence electrons. The summed E-state index contributed by atoms with van der Waals surface area (Å²) in [6, 6.07) is 10.3. The molecule has 0 spiro atoms. The Bertz CT molecular complexity index is 769. The van der Waals surface area contributed by atoms with Gasteiger partial charge in [-0.3, -0.25) is 9.69 Å². The molecule has 1 saturated heterocycles. The Hall–Kier alpha value is -2.27. The molecular weight excluding hydrogens is 312 g/mol. The van der Waals surface area contributed by atoms with E-state index in [4.69, 9.17) is 9.97 Å². The Morgan fingerprint density at radius 1 is 1.20 bits per heavy atom. The number of hydrogen-bond acceptors (Lipinski definition) is 4. The van der Waals surface area contributed by atoms with Crippen LogP contribution in [0.3, 0.4) is 0 Å². The third-order valence-corrected chi connectivity index (χ3v) is 5.25. The molecule has 4 rings (SSSR count). The van der Waals surface area contributed by atoms with Crippen molar-refractivity contribution in [2.75, 3.05) is 24.5 Å². The second-order valence-electron chi connectivity index (χ2n) is 6.94. The van der Waals surface area contributed by atoms with E-state index >= 15 is 0 Å². The van der Waals surface area contributed by atoms with Crippen LogP contribution in [0.4, 0.5) is 5.82 Å². The average molecular weight is 336 g/mol. The van der Waals surface area contributed by atoms with E-state index in [-0.39, 0.29) is 5.91 Å². The fourth-order valence-corrected chi connectivity index (χ4v) is 3.78. The van der Waals surface area contributed by atoms with Crippen LogP contribution in [0.5, 0.6) is 0 Å². The van der Waals surface area contributed by atoms with E-state index in [2.05, 4.69) is 24.4 Å². The summed E-state index contributed by atoms with van der Waals surface area (Å²) in [6.07, 6.45) is 3.22. The minimum Gasteiger partial charge on any atom is -0.316 e. The Morgan fingerprint density at radius 3 is 2.80 bits per heavy atom. The predicted octanol–water partition coefficient (Wildman–Crippen LogP) is 2.38. The number of hydrogen-bond donors (Lipinski definition) is 1. The number of benzene rings is 1. The molecule has 0 bridgehead atoms. The number of nitrogens with zero attached hydrogens (tertiary/aromatic N) is 3. The van der Waals surface area contributed by atoms with Gasteiger partial charge in [-0.15, -0.1) is 0 Å². The molecule has 2 aromatic rings. The molecule has 5 nitrogen and oxygen atoms in total. The van der Waals surface area contributed by atoms with Gasteiger partial charge in [0.05, 0.1) is 0 Å². The molecule has 1 aromatic carbocycles. The summed E-state index contributed by atoms with van der Waals surface area (Å²) in [6.45, 7) is 4.67. The highest BCUT2D eigenvalue weighted by Crippen LogP contribution is 2.30. The maximum absolute atomic E-state index is 12.6. The molecule has 1 fully saturated rings. The molecule has 3 heterocycles. The summed E-state index contributed by atoms with van der Waals surface area (Å²) >= 11 is 0. The van der Waals surface area contributed by atoms with E-state index in [1.165, 1.54) is 5.56 Å². The fourth-order valence-electron chi connectivity index (χ4n) is 3.78. The van der Waals surface area contributed by atoms with Crippen LogP contribution in [0.25, 0.3) is 0 Å². The first-order valence-electron chi connectivity index (χ1n) is 9.15. The molecule has 0 saturated carbocycles. The second-order valence-corrected chi connectivity index (χ2v) is 6.94. The highest BCUT2D eigenvalue weighted by molar-refractivity contribution is 5.95. The zero-order chi connectivity index (χ0) is 17.2.